The normalized spacial score (nSPS) is 14.4. The zero-order chi connectivity index (χ0) is 20.5. The molecule has 0 fully saturated rings. The molecule has 29 heavy (non-hydrogen) atoms. The highest BCUT2D eigenvalue weighted by Gasteiger charge is 2.29. The SMILES string of the molecule is CC[C@@H](C)OC(=O)c1c(NC(=O)c2cc(C)nc3ncnn23)sc2c1CCCC2. The van der Waals surface area contributed by atoms with E-state index in [1.165, 1.54) is 22.2 Å². The van der Waals surface area contributed by atoms with E-state index in [1.807, 2.05) is 13.8 Å². The molecular weight excluding hydrogens is 390 g/mol. The van der Waals surface area contributed by atoms with Crippen LogP contribution in [0.2, 0.25) is 0 Å². The molecule has 8 nitrogen and oxygen atoms in total. The minimum atomic E-state index is -0.370. The number of hydrogen-bond acceptors (Lipinski definition) is 7. The summed E-state index contributed by atoms with van der Waals surface area (Å²) in [7, 11) is 0. The van der Waals surface area contributed by atoms with Crippen LogP contribution >= 0.6 is 11.3 Å². The first-order valence-corrected chi connectivity index (χ1v) is 10.6. The van der Waals surface area contributed by atoms with Crippen LogP contribution in [0.25, 0.3) is 5.78 Å². The second-order valence-electron chi connectivity index (χ2n) is 7.25. The van der Waals surface area contributed by atoms with Crippen molar-refractivity contribution in [3.8, 4) is 0 Å². The number of anilines is 1. The Morgan fingerprint density at radius 2 is 2.14 bits per heavy atom. The molecule has 0 spiro atoms. The molecule has 1 atom stereocenters. The van der Waals surface area contributed by atoms with Gasteiger partial charge in [0.15, 0.2) is 0 Å². The Morgan fingerprint density at radius 1 is 1.34 bits per heavy atom. The summed E-state index contributed by atoms with van der Waals surface area (Å²) in [5.41, 5.74) is 2.50. The molecule has 152 valence electrons. The van der Waals surface area contributed by atoms with Crippen molar-refractivity contribution >= 4 is 34.0 Å². The first-order valence-electron chi connectivity index (χ1n) is 9.82. The van der Waals surface area contributed by atoms with Gasteiger partial charge in [0.25, 0.3) is 11.7 Å². The van der Waals surface area contributed by atoms with Gasteiger partial charge < -0.3 is 10.1 Å². The Hall–Kier alpha value is -2.81. The van der Waals surface area contributed by atoms with Crippen LogP contribution in [0.15, 0.2) is 12.4 Å². The minimum Gasteiger partial charge on any atom is -0.459 e. The van der Waals surface area contributed by atoms with E-state index >= 15 is 0 Å². The number of esters is 1. The van der Waals surface area contributed by atoms with Crippen molar-refractivity contribution < 1.29 is 14.3 Å². The smallest absolute Gasteiger partial charge is 0.341 e. The molecule has 1 aliphatic carbocycles. The van der Waals surface area contributed by atoms with Crippen LogP contribution in [0.3, 0.4) is 0 Å². The lowest BCUT2D eigenvalue weighted by Gasteiger charge is -2.15. The number of rotatable bonds is 5. The van der Waals surface area contributed by atoms with E-state index in [1.54, 1.807) is 13.0 Å². The third-order valence-electron chi connectivity index (χ3n) is 5.10. The molecule has 3 aromatic rings. The Morgan fingerprint density at radius 3 is 2.93 bits per heavy atom. The fourth-order valence-electron chi connectivity index (χ4n) is 3.45. The molecule has 1 N–H and O–H groups in total. The highest BCUT2D eigenvalue weighted by Crippen LogP contribution is 2.39. The number of nitrogens with one attached hydrogen (secondary N) is 1. The van der Waals surface area contributed by atoms with Crippen molar-refractivity contribution in [1.82, 2.24) is 19.6 Å². The van der Waals surface area contributed by atoms with E-state index in [0.717, 1.165) is 42.5 Å². The average Bonchev–Trinajstić information content (AvgIpc) is 3.30. The summed E-state index contributed by atoms with van der Waals surface area (Å²) in [6.45, 7) is 5.64. The van der Waals surface area contributed by atoms with E-state index in [9.17, 15) is 9.59 Å². The van der Waals surface area contributed by atoms with Gasteiger partial charge in [0, 0.05) is 10.6 Å². The summed E-state index contributed by atoms with van der Waals surface area (Å²) in [6.07, 6.45) is 5.78. The number of amides is 1. The largest absolute Gasteiger partial charge is 0.459 e. The van der Waals surface area contributed by atoms with E-state index in [0.29, 0.717) is 27.7 Å². The fraction of sp³-hybridized carbons (Fsp3) is 0.450. The van der Waals surface area contributed by atoms with Gasteiger partial charge in [0.1, 0.15) is 17.0 Å². The molecule has 1 aliphatic rings. The van der Waals surface area contributed by atoms with Crippen molar-refractivity contribution in [2.24, 2.45) is 0 Å². The zero-order valence-electron chi connectivity index (χ0n) is 16.7. The van der Waals surface area contributed by atoms with E-state index in [4.69, 9.17) is 4.74 Å². The topological polar surface area (TPSA) is 98.5 Å². The van der Waals surface area contributed by atoms with Crippen molar-refractivity contribution in [3.05, 3.63) is 39.8 Å². The quantitative estimate of drug-likeness (QED) is 0.642. The average molecular weight is 414 g/mol. The number of thiophene rings is 1. The molecule has 0 saturated carbocycles. The molecule has 4 rings (SSSR count). The summed E-state index contributed by atoms with van der Waals surface area (Å²) in [5, 5.41) is 7.56. The second kappa shape index (κ2) is 7.90. The van der Waals surface area contributed by atoms with Crippen molar-refractivity contribution in [1.29, 1.82) is 0 Å². The van der Waals surface area contributed by atoms with Crippen LogP contribution in [-0.4, -0.2) is 37.6 Å². The lowest BCUT2D eigenvalue weighted by atomic mass is 9.95. The third kappa shape index (κ3) is 3.74. The number of carbonyl (C=O) groups is 2. The molecule has 0 bridgehead atoms. The Bertz CT molecular complexity index is 1090. The standard InChI is InChI=1S/C20H23N5O3S/c1-4-12(3)28-19(27)16-13-7-5-6-8-15(13)29-18(16)24-17(26)14-9-11(2)23-20-21-10-22-25(14)20/h9-10,12H,4-8H2,1-3H3,(H,24,26)/t12-/m1/s1. The molecule has 0 aromatic carbocycles. The Balaban J connectivity index is 1.71. The van der Waals surface area contributed by atoms with Crippen LogP contribution in [0.5, 0.6) is 0 Å². The van der Waals surface area contributed by atoms with Crippen LogP contribution < -0.4 is 5.32 Å². The fourth-order valence-corrected chi connectivity index (χ4v) is 4.73. The maximum atomic E-state index is 13.1. The molecule has 3 aromatic heterocycles. The molecule has 0 unspecified atom stereocenters. The van der Waals surface area contributed by atoms with E-state index < -0.39 is 0 Å². The van der Waals surface area contributed by atoms with Crippen LogP contribution in [0.1, 0.15) is 70.1 Å². The van der Waals surface area contributed by atoms with Gasteiger partial charge >= 0.3 is 5.97 Å². The molecule has 3 heterocycles. The van der Waals surface area contributed by atoms with Crippen LogP contribution in [0.4, 0.5) is 5.00 Å². The molecule has 0 radical (unpaired) electrons. The molecule has 0 saturated heterocycles. The van der Waals surface area contributed by atoms with E-state index in [-0.39, 0.29) is 18.0 Å². The highest BCUT2D eigenvalue weighted by atomic mass is 32.1. The number of aromatic nitrogens is 4. The number of ether oxygens (including phenoxy) is 1. The molecule has 1 amide bonds. The maximum Gasteiger partial charge on any atom is 0.341 e. The van der Waals surface area contributed by atoms with Gasteiger partial charge in [-0.05, 0) is 57.6 Å². The number of fused-ring (bicyclic) bond motifs is 2. The third-order valence-corrected chi connectivity index (χ3v) is 6.31. The number of nitrogens with zero attached hydrogens (tertiary/aromatic N) is 4. The predicted molar refractivity (Wildman–Crippen MR) is 110 cm³/mol. The molecule has 9 heteroatoms. The maximum absolute atomic E-state index is 13.1. The summed E-state index contributed by atoms with van der Waals surface area (Å²) < 4.78 is 6.99. The van der Waals surface area contributed by atoms with Gasteiger partial charge in [-0.3, -0.25) is 4.79 Å². The van der Waals surface area contributed by atoms with Gasteiger partial charge in [-0.15, -0.1) is 11.3 Å². The lowest BCUT2D eigenvalue weighted by molar-refractivity contribution is 0.0335. The van der Waals surface area contributed by atoms with Crippen molar-refractivity contribution in [3.63, 3.8) is 0 Å². The summed E-state index contributed by atoms with van der Waals surface area (Å²) in [4.78, 5) is 35.5. The number of aryl methyl sites for hydroxylation is 2. The zero-order valence-corrected chi connectivity index (χ0v) is 17.5. The van der Waals surface area contributed by atoms with Crippen molar-refractivity contribution in [2.75, 3.05) is 5.32 Å². The molecular formula is C20H23N5O3S. The second-order valence-corrected chi connectivity index (χ2v) is 8.35. The molecule has 0 aliphatic heterocycles. The minimum absolute atomic E-state index is 0.178. The van der Waals surface area contributed by atoms with Gasteiger partial charge in [0.2, 0.25) is 0 Å². The predicted octanol–water partition coefficient (Wildman–Crippen LogP) is 3.58. The van der Waals surface area contributed by atoms with Crippen molar-refractivity contribution in [2.45, 2.75) is 59.0 Å². The Labute approximate surface area is 172 Å². The van der Waals surface area contributed by atoms with Gasteiger partial charge in [-0.25, -0.2) is 9.78 Å². The lowest BCUT2D eigenvalue weighted by Crippen LogP contribution is -2.20. The van der Waals surface area contributed by atoms with Crippen LogP contribution in [-0.2, 0) is 17.6 Å². The summed E-state index contributed by atoms with van der Waals surface area (Å²) >= 11 is 1.47. The number of hydrogen-bond donors (Lipinski definition) is 1. The van der Waals surface area contributed by atoms with Gasteiger partial charge in [-0.2, -0.15) is 14.6 Å². The Kier molecular flexibility index (Phi) is 5.31. The summed E-state index contributed by atoms with van der Waals surface area (Å²) in [6, 6.07) is 1.65. The first kappa shape index (κ1) is 19.5. The van der Waals surface area contributed by atoms with Crippen LogP contribution in [0, 0.1) is 6.92 Å². The summed E-state index contributed by atoms with van der Waals surface area (Å²) in [5.74, 6) is -0.370. The number of carbonyl (C=O) groups excluding carboxylic acids is 2. The highest BCUT2D eigenvalue weighted by molar-refractivity contribution is 7.17. The van der Waals surface area contributed by atoms with E-state index in [2.05, 4.69) is 20.4 Å². The van der Waals surface area contributed by atoms with Gasteiger partial charge in [-0.1, -0.05) is 6.92 Å². The monoisotopic (exact) mass is 413 g/mol. The van der Waals surface area contributed by atoms with Gasteiger partial charge in [0.05, 0.1) is 11.7 Å². The first-order chi connectivity index (χ1) is 14.0.